The molecule has 2 aromatic rings. The van der Waals surface area contributed by atoms with Crippen molar-refractivity contribution in [1.29, 1.82) is 0 Å². The van der Waals surface area contributed by atoms with Gasteiger partial charge in [0.2, 0.25) is 0 Å². The van der Waals surface area contributed by atoms with E-state index in [0.29, 0.717) is 22.8 Å². The van der Waals surface area contributed by atoms with Crippen LogP contribution in [0, 0.1) is 0 Å². The highest BCUT2D eigenvalue weighted by Gasteiger charge is 2.04. The van der Waals surface area contributed by atoms with Crippen molar-refractivity contribution in [2.45, 2.75) is 13.3 Å². The molecule has 0 atom stereocenters. The molecule has 0 aliphatic heterocycles. The molecule has 1 aromatic heterocycles. The largest absolute Gasteiger partial charge is 0.457 e. The maximum Gasteiger partial charge on any atom is 0.146 e. The zero-order valence-electron chi connectivity index (χ0n) is 10.0. The number of hydrogen-bond donors (Lipinski definition) is 0. The summed E-state index contributed by atoms with van der Waals surface area (Å²) >= 11 is 5.83. The van der Waals surface area contributed by atoms with Crippen molar-refractivity contribution in [3.05, 3.63) is 52.8 Å². The maximum absolute atomic E-state index is 10.7. The maximum atomic E-state index is 10.7. The first-order valence-corrected chi connectivity index (χ1v) is 6.12. The smallest absolute Gasteiger partial charge is 0.146 e. The lowest BCUT2D eigenvalue weighted by molar-refractivity contribution is -0.104. The molecule has 0 unspecified atom stereocenters. The topological polar surface area (TPSA) is 30.2 Å². The Balaban J connectivity index is 2.28. The second kappa shape index (κ2) is 5.69. The molecule has 0 saturated carbocycles. The van der Waals surface area contributed by atoms with E-state index < -0.39 is 0 Å². The molecule has 18 heavy (non-hydrogen) atoms. The van der Waals surface area contributed by atoms with Crippen LogP contribution in [0.25, 0.3) is 17.4 Å². The zero-order chi connectivity index (χ0) is 13.0. The van der Waals surface area contributed by atoms with E-state index in [4.69, 9.17) is 16.0 Å². The SMILES string of the molecule is CCC(C=O)=Cc1ccc(-c2ccc(Cl)cc2)o1. The standard InChI is InChI=1S/C15H13ClO2/c1-2-11(10-17)9-14-7-8-15(18-14)12-3-5-13(16)6-4-12/h3-10H,2H2,1H3. The van der Waals surface area contributed by atoms with E-state index in [1.807, 2.05) is 43.3 Å². The van der Waals surface area contributed by atoms with Crippen LogP contribution < -0.4 is 0 Å². The second-order valence-electron chi connectivity index (χ2n) is 3.90. The van der Waals surface area contributed by atoms with Gasteiger partial charge in [-0.15, -0.1) is 0 Å². The van der Waals surface area contributed by atoms with Gasteiger partial charge in [-0.2, -0.15) is 0 Å². The molecule has 92 valence electrons. The zero-order valence-corrected chi connectivity index (χ0v) is 10.8. The molecule has 0 N–H and O–H groups in total. The van der Waals surface area contributed by atoms with Crippen molar-refractivity contribution in [1.82, 2.24) is 0 Å². The number of halogens is 1. The molecule has 0 amide bonds. The Labute approximate surface area is 111 Å². The Bertz CT molecular complexity index is 564. The van der Waals surface area contributed by atoms with E-state index in [0.717, 1.165) is 17.6 Å². The summed E-state index contributed by atoms with van der Waals surface area (Å²) in [4.78, 5) is 10.7. The molecule has 0 saturated heterocycles. The fourth-order valence-electron chi connectivity index (χ4n) is 1.60. The Morgan fingerprint density at radius 3 is 2.56 bits per heavy atom. The molecular formula is C15H13ClO2. The molecule has 1 heterocycles. The van der Waals surface area contributed by atoms with Gasteiger partial charge < -0.3 is 4.42 Å². The van der Waals surface area contributed by atoms with Crippen LogP contribution in [-0.4, -0.2) is 6.29 Å². The summed E-state index contributed by atoms with van der Waals surface area (Å²) in [6, 6.07) is 11.2. The molecule has 0 aliphatic carbocycles. The molecule has 1 aromatic carbocycles. The van der Waals surface area contributed by atoms with Gasteiger partial charge in [-0.3, -0.25) is 4.79 Å². The fraction of sp³-hybridized carbons (Fsp3) is 0.133. The quantitative estimate of drug-likeness (QED) is 0.594. The van der Waals surface area contributed by atoms with Gasteiger partial charge in [0.05, 0.1) is 0 Å². The third-order valence-corrected chi connectivity index (χ3v) is 2.89. The lowest BCUT2D eigenvalue weighted by atomic mass is 10.2. The van der Waals surface area contributed by atoms with Gasteiger partial charge in [0.15, 0.2) is 0 Å². The minimum Gasteiger partial charge on any atom is -0.457 e. The highest BCUT2D eigenvalue weighted by molar-refractivity contribution is 6.30. The molecule has 0 spiro atoms. The number of rotatable bonds is 4. The van der Waals surface area contributed by atoms with E-state index in [-0.39, 0.29) is 0 Å². The van der Waals surface area contributed by atoms with Gasteiger partial charge in [-0.05, 0) is 54.5 Å². The van der Waals surface area contributed by atoms with E-state index in [1.54, 1.807) is 6.08 Å². The molecule has 0 aliphatic rings. The highest BCUT2D eigenvalue weighted by Crippen LogP contribution is 2.24. The van der Waals surface area contributed by atoms with Crippen LogP contribution in [0.1, 0.15) is 19.1 Å². The monoisotopic (exact) mass is 260 g/mol. The van der Waals surface area contributed by atoms with Crippen molar-refractivity contribution in [3.63, 3.8) is 0 Å². The van der Waals surface area contributed by atoms with E-state index in [9.17, 15) is 4.79 Å². The van der Waals surface area contributed by atoms with Crippen LogP contribution in [-0.2, 0) is 4.79 Å². The van der Waals surface area contributed by atoms with Gasteiger partial charge in [0.25, 0.3) is 0 Å². The van der Waals surface area contributed by atoms with Crippen LogP contribution in [0.4, 0.5) is 0 Å². The van der Waals surface area contributed by atoms with Gasteiger partial charge in [0.1, 0.15) is 17.8 Å². The molecule has 2 rings (SSSR count). The van der Waals surface area contributed by atoms with Crippen LogP contribution in [0.2, 0.25) is 5.02 Å². The summed E-state index contributed by atoms with van der Waals surface area (Å²) in [5.74, 6) is 1.45. The minimum atomic E-state index is 0.684. The first-order chi connectivity index (χ1) is 8.72. The Morgan fingerprint density at radius 1 is 1.22 bits per heavy atom. The minimum absolute atomic E-state index is 0.684. The summed E-state index contributed by atoms with van der Waals surface area (Å²) < 4.78 is 5.67. The van der Waals surface area contributed by atoms with Crippen molar-refractivity contribution in [2.24, 2.45) is 0 Å². The first kappa shape index (κ1) is 12.7. The Hall–Kier alpha value is -1.80. The normalized spacial score (nSPS) is 11.6. The summed E-state index contributed by atoms with van der Waals surface area (Å²) in [7, 11) is 0. The van der Waals surface area contributed by atoms with Crippen LogP contribution in [0.15, 0.2) is 46.4 Å². The van der Waals surface area contributed by atoms with Crippen LogP contribution >= 0.6 is 11.6 Å². The number of aldehydes is 1. The number of carbonyl (C=O) groups excluding carboxylic acids is 1. The lowest BCUT2D eigenvalue weighted by Gasteiger charge is -1.96. The highest BCUT2D eigenvalue weighted by atomic mass is 35.5. The third kappa shape index (κ3) is 2.90. The van der Waals surface area contributed by atoms with Crippen LogP contribution in [0.3, 0.4) is 0 Å². The van der Waals surface area contributed by atoms with Crippen molar-refractivity contribution in [3.8, 4) is 11.3 Å². The second-order valence-corrected chi connectivity index (χ2v) is 4.34. The molecule has 2 nitrogen and oxygen atoms in total. The molecule has 0 fully saturated rings. The lowest BCUT2D eigenvalue weighted by Crippen LogP contribution is -1.80. The van der Waals surface area contributed by atoms with Crippen molar-refractivity contribution < 1.29 is 9.21 Å². The first-order valence-electron chi connectivity index (χ1n) is 5.74. The molecule has 3 heteroatoms. The van der Waals surface area contributed by atoms with Crippen LogP contribution in [0.5, 0.6) is 0 Å². The van der Waals surface area contributed by atoms with Gasteiger partial charge in [-0.1, -0.05) is 18.5 Å². The van der Waals surface area contributed by atoms with Crippen molar-refractivity contribution >= 4 is 24.0 Å². The summed E-state index contributed by atoms with van der Waals surface area (Å²) in [6.45, 7) is 1.93. The molecular weight excluding hydrogens is 248 g/mol. The number of benzene rings is 1. The summed E-state index contributed by atoms with van der Waals surface area (Å²) in [5.41, 5.74) is 1.68. The third-order valence-electron chi connectivity index (χ3n) is 2.64. The number of furan rings is 1. The fourth-order valence-corrected chi connectivity index (χ4v) is 1.73. The van der Waals surface area contributed by atoms with Crippen molar-refractivity contribution in [2.75, 3.05) is 0 Å². The molecule has 0 bridgehead atoms. The van der Waals surface area contributed by atoms with E-state index >= 15 is 0 Å². The predicted molar refractivity (Wildman–Crippen MR) is 73.5 cm³/mol. The number of allylic oxidation sites excluding steroid dienone is 1. The Kier molecular flexibility index (Phi) is 4.00. The van der Waals surface area contributed by atoms with E-state index in [2.05, 4.69) is 0 Å². The van der Waals surface area contributed by atoms with E-state index in [1.165, 1.54) is 0 Å². The van der Waals surface area contributed by atoms with Gasteiger partial charge in [0, 0.05) is 10.6 Å². The number of hydrogen-bond acceptors (Lipinski definition) is 2. The van der Waals surface area contributed by atoms with Gasteiger partial charge >= 0.3 is 0 Å². The Morgan fingerprint density at radius 2 is 1.94 bits per heavy atom. The average Bonchev–Trinajstić information content (AvgIpc) is 2.85. The summed E-state index contributed by atoms with van der Waals surface area (Å²) in [5, 5.41) is 0.694. The van der Waals surface area contributed by atoms with Gasteiger partial charge in [-0.25, -0.2) is 0 Å². The predicted octanol–water partition coefficient (Wildman–Crippen LogP) is 4.59. The number of carbonyl (C=O) groups is 1. The average molecular weight is 261 g/mol. The summed E-state index contributed by atoms with van der Waals surface area (Å²) in [6.07, 6.45) is 3.30. The molecule has 0 radical (unpaired) electrons.